The number of alkyl carbamates (subject to hydrolysis) is 1. The van der Waals surface area contributed by atoms with Crippen LogP contribution in [0.5, 0.6) is 0 Å². The molecule has 0 aromatic heterocycles. The molecule has 0 aliphatic carbocycles. The van der Waals surface area contributed by atoms with E-state index in [0.29, 0.717) is 51.0 Å². The molecule has 3 fully saturated rings. The normalized spacial score (nSPS) is 21.6. The molecule has 3 saturated heterocycles. The lowest BCUT2D eigenvalue weighted by atomic mass is 10.0. The fourth-order valence-electron chi connectivity index (χ4n) is 6.85. The van der Waals surface area contributed by atoms with E-state index in [2.05, 4.69) is 20.4 Å². The summed E-state index contributed by atoms with van der Waals surface area (Å²) in [5.74, 6) is -0.900. The lowest BCUT2D eigenvalue weighted by molar-refractivity contribution is -0.136. The second-order valence-electron chi connectivity index (χ2n) is 14.0. The molecule has 13 nitrogen and oxygen atoms in total. The molecule has 4 amide bonds. The van der Waals surface area contributed by atoms with Crippen molar-refractivity contribution in [2.45, 2.75) is 82.1 Å². The van der Waals surface area contributed by atoms with Gasteiger partial charge in [-0.25, -0.2) is 13.2 Å². The Morgan fingerprint density at radius 2 is 1.69 bits per heavy atom. The minimum absolute atomic E-state index is 0.136. The van der Waals surface area contributed by atoms with E-state index in [0.717, 1.165) is 43.0 Å². The largest absolute Gasteiger partial charge is 0.444 e. The number of fused-ring (bicyclic) bond motifs is 1. The lowest BCUT2D eigenvalue weighted by Gasteiger charge is -2.36. The van der Waals surface area contributed by atoms with Crippen LogP contribution in [0.3, 0.4) is 0 Å². The van der Waals surface area contributed by atoms with Crippen LogP contribution in [0.15, 0.2) is 47.4 Å². The molecule has 1 unspecified atom stereocenters. The van der Waals surface area contributed by atoms with Gasteiger partial charge in [-0.1, -0.05) is 12.1 Å². The molecule has 0 radical (unpaired) electrons. The van der Waals surface area contributed by atoms with Gasteiger partial charge in [-0.3, -0.25) is 24.6 Å². The average molecular weight is 681 g/mol. The van der Waals surface area contributed by atoms with E-state index in [-0.39, 0.29) is 29.2 Å². The van der Waals surface area contributed by atoms with Crippen LogP contribution >= 0.6 is 0 Å². The minimum Gasteiger partial charge on any atom is -0.444 e. The van der Waals surface area contributed by atoms with E-state index in [4.69, 9.17) is 4.74 Å². The van der Waals surface area contributed by atoms with E-state index in [1.165, 1.54) is 4.31 Å². The Balaban J connectivity index is 1.01. The molecule has 4 aliphatic rings. The summed E-state index contributed by atoms with van der Waals surface area (Å²) < 4.78 is 33.9. The number of hydrogen-bond donors (Lipinski definition) is 2. The summed E-state index contributed by atoms with van der Waals surface area (Å²) in [6.45, 7) is 10.1. The predicted molar refractivity (Wildman–Crippen MR) is 178 cm³/mol. The summed E-state index contributed by atoms with van der Waals surface area (Å²) in [6, 6.07) is 12.2. The monoisotopic (exact) mass is 680 g/mol. The van der Waals surface area contributed by atoms with Crippen molar-refractivity contribution in [3.63, 3.8) is 0 Å². The summed E-state index contributed by atoms with van der Waals surface area (Å²) in [5.41, 5.74) is 2.83. The van der Waals surface area contributed by atoms with Crippen LogP contribution in [0, 0.1) is 0 Å². The van der Waals surface area contributed by atoms with Crippen molar-refractivity contribution >= 4 is 39.5 Å². The van der Waals surface area contributed by atoms with Crippen LogP contribution in [0.25, 0.3) is 0 Å². The number of anilines is 1. The molecule has 14 heteroatoms. The van der Waals surface area contributed by atoms with Crippen LogP contribution in [0.4, 0.5) is 10.5 Å². The van der Waals surface area contributed by atoms with E-state index in [1.54, 1.807) is 43.9 Å². The fourth-order valence-corrected chi connectivity index (χ4v) is 8.39. The van der Waals surface area contributed by atoms with Crippen LogP contribution in [-0.4, -0.2) is 103 Å². The maximum Gasteiger partial charge on any atom is 0.407 e. The van der Waals surface area contributed by atoms with E-state index in [1.807, 2.05) is 24.3 Å². The number of hydrogen-bond acceptors (Lipinski definition) is 9. The first-order chi connectivity index (χ1) is 22.8. The quantitative estimate of drug-likeness (QED) is 0.421. The molecular formula is C34H44N6O7S. The zero-order valence-electron chi connectivity index (χ0n) is 27.7. The molecule has 6 rings (SSSR count). The smallest absolute Gasteiger partial charge is 0.407 e. The predicted octanol–water partition coefficient (Wildman–Crippen LogP) is 2.45. The van der Waals surface area contributed by atoms with Crippen LogP contribution in [0.1, 0.15) is 67.9 Å². The first-order valence-electron chi connectivity index (χ1n) is 16.6. The van der Waals surface area contributed by atoms with Gasteiger partial charge in [0.2, 0.25) is 21.8 Å². The Labute approximate surface area is 281 Å². The number of benzene rings is 2. The van der Waals surface area contributed by atoms with Crippen molar-refractivity contribution in [1.29, 1.82) is 0 Å². The van der Waals surface area contributed by atoms with Gasteiger partial charge in [0.15, 0.2) is 0 Å². The highest BCUT2D eigenvalue weighted by Gasteiger charge is 2.39. The number of imide groups is 1. The first kappa shape index (κ1) is 33.9. The van der Waals surface area contributed by atoms with Gasteiger partial charge in [-0.2, -0.15) is 4.31 Å². The molecule has 48 heavy (non-hydrogen) atoms. The van der Waals surface area contributed by atoms with Gasteiger partial charge < -0.3 is 19.9 Å². The Hall–Kier alpha value is -4.01. The molecule has 1 atom stereocenters. The summed E-state index contributed by atoms with van der Waals surface area (Å²) in [7, 11) is -3.68. The third-order valence-electron chi connectivity index (χ3n) is 9.36. The molecule has 0 saturated carbocycles. The highest BCUT2D eigenvalue weighted by atomic mass is 32.2. The Morgan fingerprint density at radius 3 is 2.38 bits per heavy atom. The zero-order chi connectivity index (χ0) is 34.2. The van der Waals surface area contributed by atoms with Gasteiger partial charge >= 0.3 is 6.09 Å². The maximum atomic E-state index is 13.5. The van der Waals surface area contributed by atoms with Gasteiger partial charge in [-0.05, 0) is 81.5 Å². The summed E-state index contributed by atoms with van der Waals surface area (Å²) >= 11 is 0. The Morgan fingerprint density at radius 1 is 0.958 bits per heavy atom. The number of ether oxygens (including phenoxy) is 1. The SMILES string of the molecule is CC(C)(C)OC(=O)NC1CCN(S(=O)(=O)c2cccc(CN3CCN(c4ccc5c(c4)CN(C4CCC(=O)NC4=O)C5=O)CC3)c2)CC1. The van der Waals surface area contributed by atoms with Crippen molar-refractivity contribution in [3.8, 4) is 0 Å². The van der Waals surface area contributed by atoms with Gasteiger partial charge in [0.05, 0.1) is 4.90 Å². The number of amides is 4. The second kappa shape index (κ2) is 13.5. The van der Waals surface area contributed by atoms with Gasteiger partial charge in [0, 0.05) is 76.1 Å². The number of piperazine rings is 1. The molecule has 0 spiro atoms. The topological polar surface area (TPSA) is 149 Å². The molecule has 4 aliphatic heterocycles. The number of nitrogens with zero attached hydrogens (tertiary/aromatic N) is 4. The molecule has 2 aromatic rings. The van der Waals surface area contributed by atoms with Crippen LogP contribution in [0.2, 0.25) is 0 Å². The minimum atomic E-state index is -3.68. The molecular weight excluding hydrogens is 636 g/mol. The molecule has 258 valence electrons. The first-order valence-corrected chi connectivity index (χ1v) is 18.0. The zero-order valence-corrected chi connectivity index (χ0v) is 28.6. The van der Waals surface area contributed by atoms with Crippen LogP contribution in [-0.2, 0) is 37.4 Å². The van der Waals surface area contributed by atoms with Crippen molar-refractivity contribution in [2.75, 3.05) is 44.2 Å². The fraction of sp³-hybridized carbons (Fsp3) is 0.529. The number of piperidine rings is 2. The average Bonchev–Trinajstić information content (AvgIpc) is 3.36. The third-order valence-corrected chi connectivity index (χ3v) is 11.3. The maximum absolute atomic E-state index is 13.5. The number of nitrogens with one attached hydrogen (secondary N) is 2. The summed E-state index contributed by atoms with van der Waals surface area (Å²) in [5, 5.41) is 5.20. The highest BCUT2D eigenvalue weighted by Crippen LogP contribution is 2.31. The van der Waals surface area contributed by atoms with Gasteiger partial charge in [0.25, 0.3) is 5.91 Å². The molecule has 4 heterocycles. The van der Waals surface area contributed by atoms with Crippen molar-refractivity contribution in [1.82, 2.24) is 24.7 Å². The molecule has 2 aromatic carbocycles. The lowest BCUT2D eigenvalue weighted by Crippen LogP contribution is -2.52. The second-order valence-corrected chi connectivity index (χ2v) is 15.9. The Kier molecular flexibility index (Phi) is 9.51. The van der Waals surface area contributed by atoms with Crippen LogP contribution < -0.4 is 15.5 Å². The van der Waals surface area contributed by atoms with Crippen molar-refractivity contribution in [2.24, 2.45) is 0 Å². The standard InChI is InChI=1S/C34H44N6O7S/c1-34(2,3)47-33(44)35-25-11-13-39(14-12-25)48(45,46)27-6-4-5-23(19-27)21-37-15-17-38(18-16-37)26-7-8-28-24(20-26)22-40(32(28)43)29-9-10-30(41)36-31(29)42/h4-8,19-20,25,29H,9-18,21-22H2,1-3H3,(H,35,44)(H,36,41,42). The van der Waals surface area contributed by atoms with Crippen molar-refractivity contribution < 1.29 is 32.3 Å². The highest BCUT2D eigenvalue weighted by molar-refractivity contribution is 7.89. The van der Waals surface area contributed by atoms with E-state index < -0.39 is 33.7 Å². The van der Waals surface area contributed by atoms with E-state index in [9.17, 15) is 27.6 Å². The van der Waals surface area contributed by atoms with E-state index >= 15 is 0 Å². The number of sulfonamides is 1. The summed E-state index contributed by atoms with van der Waals surface area (Å²) in [6.07, 6.45) is 1.10. The van der Waals surface area contributed by atoms with Crippen molar-refractivity contribution in [3.05, 3.63) is 59.2 Å². The third kappa shape index (κ3) is 7.50. The number of rotatable bonds is 7. The van der Waals surface area contributed by atoms with Gasteiger partial charge in [0.1, 0.15) is 11.6 Å². The molecule has 2 N–H and O–H groups in total. The van der Waals surface area contributed by atoms with Gasteiger partial charge in [-0.15, -0.1) is 0 Å². The molecule has 0 bridgehead atoms. The Bertz CT molecular complexity index is 1690. The number of carbonyl (C=O) groups excluding carboxylic acids is 4. The summed E-state index contributed by atoms with van der Waals surface area (Å²) in [4.78, 5) is 55.6. The number of carbonyl (C=O) groups is 4.